The molecular formula is C9H9Br2ClN2. The number of rotatable bonds is 2. The van der Waals surface area contributed by atoms with E-state index >= 15 is 0 Å². The van der Waals surface area contributed by atoms with Crippen molar-refractivity contribution in [3.05, 3.63) is 26.6 Å². The molecule has 76 valence electrons. The van der Waals surface area contributed by atoms with Gasteiger partial charge in [-0.3, -0.25) is 0 Å². The first-order chi connectivity index (χ1) is 6.54. The van der Waals surface area contributed by atoms with Gasteiger partial charge >= 0.3 is 0 Å². The first-order valence-electron chi connectivity index (χ1n) is 3.89. The maximum absolute atomic E-state index is 5.57. The zero-order chi connectivity index (χ0) is 10.7. The summed E-state index contributed by atoms with van der Waals surface area (Å²) < 4.78 is 1.91. The summed E-state index contributed by atoms with van der Waals surface area (Å²) in [7, 11) is 0. The average molecular weight is 340 g/mol. The Kier molecular flexibility index (Phi) is 4.41. The molecule has 0 radical (unpaired) electrons. The molecule has 0 bridgehead atoms. The Bertz CT molecular complexity index is 354. The number of nitrogens with zero attached hydrogens (tertiary/aromatic N) is 1. The lowest BCUT2D eigenvalue weighted by Gasteiger charge is -2.05. The zero-order valence-corrected chi connectivity index (χ0v) is 11.4. The Morgan fingerprint density at radius 2 is 2.14 bits per heavy atom. The molecule has 0 atom stereocenters. The Morgan fingerprint density at radius 3 is 2.64 bits per heavy atom. The molecule has 0 unspecified atom stereocenters. The third-order valence-corrected chi connectivity index (χ3v) is 2.95. The second kappa shape index (κ2) is 5.14. The van der Waals surface area contributed by atoms with Crippen LogP contribution in [0.3, 0.4) is 0 Å². The van der Waals surface area contributed by atoms with Crippen molar-refractivity contribution in [2.24, 2.45) is 10.7 Å². The lowest BCUT2D eigenvalue weighted by Crippen LogP contribution is -2.12. The van der Waals surface area contributed by atoms with Crippen LogP contribution in [-0.4, -0.2) is 11.7 Å². The number of aryl methyl sites for hydroxylation is 1. The molecule has 0 aliphatic heterocycles. The first-order valence-corrected chi connectivity index (χ1v) is 6.01. The summed E-state index contributed by atoms with van der Waals surface area (Å²) in [5.74, 6) is 0.653. The summed E-state index contributed by atoms with van der Waals surface area (Å²) in [4.78, 5) is 4.21. The summed E-state index contributed by atoms with van der Waals surface area (Å²) in [5.41, 5.74) is 7.43. The van der Waals surface area contributed by atoms with Crippen LogP contribution in [0.2, 0.25) is 0 Å². The smallest absolute Gasteiger partial charge is 0.115 e. The molecule has 1 rings (SSSR count). The number of aliphatic imine (C=N–C) groups is 1. The highest BCUT2D eigenvalue weighted by Crippen LogP contribution is 2.32. The van der Waals surface area contributed by atoms with Crippen LogP contribution < -0.4 is 5.73 Å². The molecular weight excluding hydrogens is 331 g/mol. The molecule has 0 aromatic heterocycles. The molecule has 0 aliphatic carbocycles. The molecule has 0 spiro atoms. The summed E-state index contributed by atoms with van der Waals surface area (Å²) in [5, 5.41) is 0. The van der Waals surface area contributed by atoms with Crippen LogP contribution in [0.5, 0.6) is 0 Å². The van der Waals surface area contributed by atoms with Gasteiger partial charge in [0.2, 0.25) is 0 Å². The number of benzene rings is 1. The predicted molar refractivity (Wildman–Crippen MR) is 68.6 cm³/mol. The lowest BCUT2D eigenvalue weighted by molar-refractivity contribution is 1.34. The van der Waals surface area contributed by atoms with Gasteiger partial charge < -0.3 is 5.73 Å². The third kappa shape index (κ3) is 2.97. The fourth-order valence-corrected chi connectivity index (χ4v) is 2.60. The molecule has 14 heavy (non-hydrogen) atoms. The predicted octanol–water partition coefficient (Wildman–Crippen LogP) is 3.75. The molecule has 0 saturated carbocycles. The number of amidine groups is 1. The van der Waals surface area contributed by atoms with Gasteiger partial charge in [-0.2, -0.15) is 0 Å². The van der Waals surface area contributed by atoms with Crippen molar-refractivity contribution in [2.75, 3.05) is 5.88 Å². The fraction of sp³-hybridized carbons (Fsp3) is 0.222. The van der Waals surface area contributed by atoms with E-state index < -0.39 is 0 Å². The topological polar surface area (TPSA) is 38.4 Å². The van der Waals surface area contributed by atoms with E-state index in [-0.39, 0.29) is 5.88 Å². The number of nitrogens with two attached hydrogens (primary N) is 1. The minimum Gasteiger partial charge on any atom is -0.386 e. The molecule has 1 aromatic carbocycles. The summed E-state index contributed by atoms with van der Waals surface area (Å²) in [6.07, 6.45) is 0. The van der Waals surface area contributed by atoms with Gasteiger partial charge in [0, 0.05) is 8.95 Å². The van der Waals surface area contributed by atoms with Crippen molar-refractivity contribution in [1.82, 2.24) is 0 Å². The molecule has 0 saturated heterocycles. The number of alkyl halides is 1. The van der Waals surface area contributed by atoms with E-state index in [1.807, 2.05) is 19.1 Å². The van der Waals surface area contributed by atoms with Crippen LogP contribution >= 0.6 is 43.5 Å². The van der Waals surface area contributed by atoms with Crippen molar-refractivity contribution in [1.29, 1.82) is 0 Å². The zero-order valence-electron chi connectivity index (χ0n) is 7.52. The van der Waals surface area contributed by atoms with Gasteiger partial charge in [0.1, 0.15) is 5.84 Å². The largest absolute Gasteiger partial charge is 0.386 e. The maximum Gasteiger partial charge on any atom is 0.115 e. The van der Waals surface area contributed by atoms with Gasteiger partial charge in [-0.1, -0.05) is 15.9 Å². The average Bonchev–Trinajstić information content (AvgIpc) is 2.10. The molecule has 0 aliphatic rings. The van der Waals surface area contributed by atoms with Gasteiger partial charge in [-0.25, -0.2) is 4.99 Å². The fourth-order valence-electron chi connectivity index (χ4n) is 1.01. The van der Waals surface area contributed by atoms with E-state index in [0.717, 1.165) is 20.2 Å². The SMILES string of the molecule is Cc1cc(Br)cc(Br)c1N=C(N)CCl. The molecule has 0 fully saturated rings. The van der Waals surface area contributed by atoms with Crippen LogP contribution in [0.4, 0.5) is 5.69 Å². The van der Waals surface area contributed by atoms with Crippen molar-refractivity contribution in [3.8, 4) is 0 Å². The standard InChI is InChI=1S/C9H9Br2ClN2/c1-5-2-6(10)3-7(11)9(5)14-8(13)4-12/h2-3H,4H2,1H3,(H2,13,14). The second-order valence-electron chi connectivity index (χ2n) is 2.79. The monoisotopic (exact) mass is 338 g/mol. The molecule has 0 heterocycles. The lowest BCUT2D eigenvalue weighted by atomic mass is 10.2. The Hall–Kier alpha value is -0.0600. The highest BCUT2D eigenvalue weighted by Gasteiger charge is 2.04. The van der Waals surface area contributed by atoms with E-state index in [0.29, 0.717) is 5.84 Å². The normalized spacial score (nSPS) is 11.9. The molecule has 2 nitrogen and oxygen atoms in total. The van der Waals surface area contributed by atoms with Gasteiger partial charge in [0.05, 0.1) is 11.6 Å². The number of hydrogen-bond acceptors (Lipinski definition) is 1. The van der Waals surface area contributed by atoms with Crippen molar-refractivity contribution in [2.45, 2.75) is 6.92 Å². The van der Waals surface area contributed by atoms with Crippen molar-refractivity contribution in [3.63, 3.8) is 0 Å². The summed E-state index contributed by atoms with van der Waals surface area (Å²) in [6, 6.07) is 3.90. The summed E-state index contributed by atoms with van der Waals surface area (Å²) >= 11 is 12.4. The van der Waals surface area contributed by atoms with Gasteiger partial charge in [-0.05, 0) is 40.5 Å². The van der Waals surface area contributed by atoms with Crippen LogP contribution in [0.15, 0.2) is 26.1 Å². The van der Waals surface area contributed by atoms with E-state index in [9.17, 15) is 0 Å². The highest BCUT2D eigenvalue weighted by atomic mass is 79.9. The van der Waals surface area contributed by atoms with Crippen molar-refractivity contribution >= 4 is 55.0 Å². The van der Waals surface area contributed by atoms with Crippen LogP contribution in [0.1, 0.15) is 5.56 Å². The van der Waals surface area contributed by atoms with Crippen LogP contribution in [0.25, 0.3) is 0 Å². The van der Waals surface area contributed by atoms with Crippen molar-refractivity contribution < 1.29 is 0 Å². The Balaban J connectivity index is 3.21. The Labute approximate surface area is 105 Å². The first kappa shape index (κ1) is 12.0. The third-order valence-electron chi connectivity index (χ3n) is 1.61. The molecule has 0 amide bonds. The number of halogens is 3. The van der Waals surface area contributed by atoms with Crippen LogP contribution in [0, 0.1) is 6.92 Å². The highest BCUT2D eigenvalue weighted by molar-refractivity contribution is 9.11. The summed E-state index contributed by atoms with van der Waals surface area (Å²) in [6.45, 7) is 1.97. The minimum atomic E-state index is 0.238. The minimum absolute atomic E-state index is 0.238. The molecule has 2 N–H and O–H groups in total. The quantitative estimate of drug-likeness (QED) is 0.497. The van der Waals surface area contributed by atoms with E-state index in [1.54, 1.807) is 0 Å². The van der Waals surface area contributed by atoms with Gasteiger partial charge in [-0.15, -0.1) is 11.6 Å². The number of hydrogen-bond donors (Lipinski definition) is 1. The van der Waals surface area contributed by atoms with E-state index in [2.05, 4.69) is 36.9 Å². The molecule has 5 heteroatoms. The van der Waals surface area contributed by atoms with E-state index in [4.69, 9.17) is 17.3 Å². The molecule has 1 aromatic rings. The maximum atomic E-state index is 5.57. The van der Waals surface area contributed by atoms with Gasteiger partial charge in [0.15, 0.2) is 0 Å². The Morgan fingerprint density at radius 1 is 1.50 bits per heavy atom. The van der Waals surface area contributed by atoms with Gasteiger partial charge in [0.25, 0.3) is 0 Å². The van der Waals surface area contributed by atoms with Crippen LogP contribution in [-0.2, 0) is 0 Å². The van der Waals surface area contributed by atoms with E-state index in [1.165, 1.54) is 0 Å². The second-order valence-corrected chi connectivity index (χ2v) is 4.83.